The number of hydrogen-bond acceptors (Lipinski definition) is 6. The van der Waals surface area contributed by atoms with Crippen molar-refractivity contribution >= 4 is 27.6 Å². The van der Waals surface area contributed by atoms with Gasteiger partial charge in [-0.2, -0.15) is 0 Å². The number of rotatable bonds is 7. The van der Waals surface area contributed by atoms with Gasteiger partial charge in [0.2, 0.25) is 10.0 Å². The molecular weight excluding hydrogens is 394 g/mol. The molecule has 27 heavy (non-hydrogen) atoms. The average molecular weight is 414 g/mol. The van der Waals surface area contributed by atoms with Gasteiger partial charge in [0.1, 0.15) is 11.5 Å². The van der Waals surface area contributed by atoms with Gasteiger partial charge in [0, 0.05) is 11.6 Å². The molecule has 0 saturated heterocycles. The Labute approximate surface area is 163 Å². The number of benzene rings is 2. The van der Waals surface area contributed by atoms with Crippen molar-refractivity contribution in [2.24, 2.45) is 0 Å². The molecule has 0 aliphatic carbocycles. The first-order valence-corrected chi connectivity index (χ1v) is 9.71. The molecule has 1 unspecified atom stereocenters. The average Bonchev–Trinajstić information content (AvgIpc) is 2.66. The summed E-state index contributed by atoms with van der Waals surface area (Å²) < 4.78 is 43.2. The van der Waals surface area contributed by atoms with Crippen molar-refractivity contribution in [3.8, 4) is 11.5 Å². The first kappa shape index (κ1) is 21.0. The van der Waals surface area contributed by atoms with E-state index in [1.54, 1.807) is 25.1 Å². The zero-order valence-corrected chi connectivity index (χ0v) is 16.8. The van der Waals surface area contributed by atoms with Crippen molar-refractivity contribution in [2.45, 2.75) is 17.9 Å². The highest BCUT2D eigenvalue weighted by molar-refractivity contribution is 7.89. The van der Waals surface area contributed by atoms with E-state index in [1.165, 1.54) is 39.5 Å². The van der Waals surface area contributed by atoms with Gasteiger partial charge >= 0.3 is 5.97 Å². The molecule has 0 spiro atoms. The van der Waals surface area contributed by atoms with Crippen LogP contribution in [-0.4, -0.2) is 35.7 Å². The molecule has 2 aromatic rings. The lowest BCUT2D eigenvalue weighted by atomic mass is 10.1. The van der Waals surface area contributed by atoms with E-state index in [4.69, 9.17) is 21.1 Å². The second kappa shape index (κ2) is 8.60. The second-order valence-electron chi connectivity index (χ2n) is 5.58. The maximum absolute atomic E-state index is 12.8. The summed E-state index contributed by atoms with van der Waals surface area (Å²) in [6, 6.07) is 8.28. The van der Waals surface area contributed by atoms with E-state index in [-0.39, 0.29) is 15.5 Å². The van der Waals surface area contributed by atoms with Gasteiger partial charge in [0.15, 0.2) is 0 Å². The molecule has 0 aliphatic heterocycles. The molecule has 0 aromatic heterocycles. The summed E-state index contributed by atoms with van der Waals surface area (Å²) >= 11 is 5.95. The standard InChI is InChI=1S/C18H20ClNO6S/c1-11(14-9-12(24-2)5-8-17(14)25-3)20-27(22,23)13-6-7-16(19)15(10-13)18(21)26-4/h5-11,20H,1-4H3. The van der Waals surface area contributed by atoms with Crippen LogP contribution < -0.4 is 14.2 Å². The topological polar surface area (TPSA) is 90.9 Å². The zero-order chi connectivity index (χ0) is 20.2. The summed E-state index contributed by atoms with van der Waals surface area (Å²) in [5, 5.41) is 0.100. The van der Waals surface area contributed by atoms with E-state index in [0.717, 1.165) is 0 Å². The Balaban J connectivity index is 2.38. The van der Waals surface area contributed by atoms with Crippen LogP contribution in [0.25, 0.3) is 0 Å². The summed E-state index contributed by atoms with van der Waals surface area (Å²) in [5.74, 6) is 0.355. The number of sulfonamides is 1. The third kappa shape index (κ3) is 4.71. The van der Waals surface area contributed by atoms with Gasteiger partial charge in [-0.15, -0.1) is 0 Å². The van der Waals surface area contributed by atoms with Crippen molar-refractivity contribution in [3.63, 3.8) is 0 Å². The van der Waals surface area contributed by atoms with Crippen molar-refractivity contribution in [3.05, 3.63) is 52.5 Å². The molecule has 0 saturated carbocycles. The molecule has 0 heterocycles. The lowest BCUT2D eigenvalue weighted by molar-refractivity contribution is 0.0600. The minimum atomic E-state index is -3.95. The maximum atomic E-state index is 12.8. The number of carbonyl (C=O) groups excluding carboxylic acids is 1. The Morgan fingerprint density at radius 1 is 1.07 bits per heavy atom. The first-order chi connectivity index (χ1) is 12.7. The minimum Gasteiger partial charge on any atom is -0.497 e. The molecular formula is C18H20ClNO6S. The van der Waals surface area contributed by atoms with E-state index in [0.29, 0.717) is 17.1 Å². The van der Waals surface area contributed by atoms with Gasteiger partial charge < -0.3 is 14.2 Å². The molecule has 146 valence electrons. The Morgan fingerprint density at radius 2 is 1.78 bits per heavy atom. The Kier molecular flexibility index (Phi) is 6.69. The minimum absolute atomic E-state index is 0.0337. The van der Waals surface area contributed by atoms with Gasteiger partial charge in [-0.05, 0) is 43.3 Å². The normalized spacial score (nSPS) is 12.3. The molecule has 9 heteroatoms. The fourth-order valence-corrected chi connectivity index (χ4v) is 3.92. The highest BCUT2D eigenvalue weighted by atomic mass is 35.5. The van der Waals surface area contributed by atoms with Crippen LogP contribution in [0.5, 0.6) is 11.5 Å². The van der Waals surface area contributed by atoms with Gasteiger partial charge in [-0.1, -0.05) is 11.6 Å². The Morgan fingerprint density at radius 3 is 2.37 bits per heavy atom. The van der Waals surface area contributed by atoms with Crippen molar-refractivity contribution in [1.82, 2.24) is 4.72 Å². The van der Waals surface area contributed by atoms with Crippen LogP contribution in [0.2, 0.25) is 5.02 Å². The van der Waals surface area contributed by atoms with Crippen molar-refractivity contribution in [1.29, 1.82) is 0 Å². The Hall–Kier alpha value is -2.29. The van der Waals surface area contributed by atoms with Gasteiger partial charge in [0.25, 0.3) is 0 Å². The van der Waals surface area contributed by atoms with Crippen LogP contribution >= 0.6 is 11.6 Å². The van der Waals surface area contributed by atoms with Crippen LogP contribution in [0.15, 0.2) is 41.3 Å². The summed E-state index contributed by atoms with van der Waals surface area (Å²) in [6.45, 7) is 1.67. The molecule has 0 amide bonds. The smallest absolute Gasteiger partial charge is 0.339 e. The number of nitrogens with one attached hydrogen (secondary N) is 1. The fraction of sp³-hybridized carbons (Fsp3) is 0.278. The second-order valence-corrected chi connectivity index (χ2v) is 7.71. The zero-order valence-electron chi connectivity index (χ0n) is 15.3. The monoisotopic (exact) mass is 413 g/mol. The molecule has 2 aromatic carbocycles. The van der Waals surface area contributed by atoms with Crippen LogP contribution in [0.4, 0.5) is 0 Å². The molecule has 7 nitrogen and oxygen atoms in total. The number of hydrogen-bond donors (Lipinski definition) is 1. The number of carbonyl (C=O) groups is 1. The number of esters is 1. The fourth-order valence-electron chi connectivity index (χ4n) is 2.48. The van der Waals surface area contributed by atoms with Crippen LogP contribution in [-0.2, 0) is 14.8 Å². The molecule has 0 bridgehead atoms. The Bertz CT molecular complexity index is 945. The van der Waals surface area contributed by atoms with E-state index in [9.17, 15) is 13.2 Å². The predicted octanol–water partition coefficient (Wildman–Crippen LogP) is 3.18. The highest BCUT2D eigenvalue weighted by Crippen LogP contribution is 2.30. The predicted molar refractivity (Wildman–Crippen MR) is 101 cm³/mol. The third-order valence-electron chi connectivity index (χ3n) is 3.89. The van der Waals surface area contributed by atoms with E-state index < -0.39 is 22.0 Å². The van der Waals surface area contributed by atoms with Crippen molar-refractivity contribution < 1.29 is 27.4 Å². The lowest BCUT2D eigenvalue weighted by Gasteiger charge is -2.18. The maximum Gasteiger partial charge on any atom is 0.339 e. The third-order valence-corrected chi connectivity index (χ3v) is 5.76. The molecule has 0 aliphatic rings. The molecule has 0 radical (unpaired) electrons. The van der Waals surface area contributed by atoms with Gasteiger partial charge in [-0.25, -0.2) is 17.9 Å². The molecule has 1 atom stereocenters. The van der Waals surface area contributed by atoms with Gasteiger partial charge in [0.05, 0.1) is 36.8 Å². The van der Waals surface area contributed by atoms with E-state index in [2.05, 4.69) is 9.46 Å². The van der Waals surface area contributed by atoms with Crippen LogP contribution in [0.3, 0.4) is 0 Å². The van der Waals surface area contributed by atoms with E-state index >= 15 is 0 Å². The SMILES string of the molecule is COC(=O)c1cc(S(=O)(=O)NC(C)c2cc(OC)ccc2OC)ccc1Cl. The lowest BCUT2D eigenvalue weighted by Crippen LogP contribution is -2.27. The number of halogens is 1. The number of methoxy groups -OCH3 is 3. The summed E-state index contributed by atoms with van der Waals surface area (Å²) in [5.41, 5.74) is 0.566. The summed E-state index contributed by atoms with van der Waals surface area (Å²) in [6.07, 6.45) is 0. The molecule has 1 N–H and O–H groups in total. The van der Waals surface area contributed by atoms with Crippen molar-refractivity contribution in [2.75, 3.05) is 21.3 Å². The quantitative estimate of drug-likeness (QED) is 0.701. The highest BCUT2D eigenvalue weighted by Gasteiger charge is 2.23. The largest absolute Gasteiger partial charge is 0.497 e. The summed E-state index contributed by atoms with van der Waals surface area (Å²) in [4.78, 5) is 11.6. The number of ether oxygens (including phenoxy) is 3. The van der Waals surface area contributed by atoms with Gasteiger partial charge in [-0.3, -0.25) is 0 Å². The van der Waals surface area contributed by atoms with Crippen LogP contribution in [0, 0.1) is 0 Å². The summed E-state index contributed by atoms with van der Waals surface area (Å²) in [7, 11) is 0.254. The molecule has 2 rings (SSSR count). The van der Waals surface area contributed by atoms with Crippen LogP contribution in [0.1, 0.15) is 28.9 Å². The molecule has 0 fully saturated rings. The van der Waals surface area contributed by atoms with E-state index in [1.807, 2.05) is 0 Å². The first-order valence-electron chi connectivity index (χ1n) is 7.85.